The van der Waals surface area contributed by atoms with Gasteiger partial charge in [0.15, 0.2) is 0 Å². The van der Waals surface area contributed by atoms with Crippen LogP contribution in [-0.2, 0) is 14.3 Å². The van der Waals surface area contributed by atoms with Gasteiger partial charge in [-0.05, 0) is 44.9 Å². The third kappa shape index (κ3) is 65.7. The summed E-state index contributed by atoms with van der Waals surface area (Å²) in [6.45, 7) is 4.96. The maximum absolute atomic E-state index is 12.6. The molecule has 476 valence electrons. The first-order valence-corrected chi connectivity index (χ1v) is 36.9. The second-order valence-electron chi connectivity index (χ2n) is 25.6. The zero-order valence-electron chi connectivity index (χ0n) is 54.6. The molecule has 6 nitrogen and oxygen atoms in total. The Hall–Kier alpha value is -1.40. The van der Waals surface area contributed by atoms with Gasteiger partial charge in [0.2, 0.25) is 5.91 Å². The molecule has 0 aromatic carbocycles. The minimum Gasteiger partial charge on any atom is -0.466 e. The average molecular weight is 1130 g/mol. The van der Waals surface area contributed by atoms with E-state index >= 15 is 0 Å². The summed E-state index contributed by atoms with van der Waals surface area (Å²) in [5.41, 5.74) is 0. The second kappa shape index (κ2) is 70.1. The highest BCUT2D eigenvalue weighted by Gasteiger charge is 2.20. The number of allylic oxidation sites excluding steroid dienone is 2. The number of esters is 1. The SMILES string of the molecule is CCCC/C=C\CCCCCCCC(=O)OCCCCCCCCCCCCCCCCCCCCCCCCCCCCCCC(=O)NC(CO)C(O)CCCCCCCCCCCCCCCCCCCCCCCCCC. The number of unbranched alkanes of at least 4 members (excludes halogenated alkanes) is 57. The molecule has 0 fully saturated rings. The molecule has 0 bridgehead atoms. The van der Waals surface area contributed by atoms with E-state index in [2.05, 4.69) is 31.3 Å². The smallest absolute Gasteiger partial charge is 0.305 e. The summed E-state index contributed by atoms with van der Waals surface area (Å²) < 4.78 is 5.47. The van der Waals surface area contributed by atoms with Crippen molar-refractivity contribution >= 4 is 11.9 Å². The van der Waals surface area contributed by atoms with Crippen LogP contribution in [0.2, 0.25) is 0 Å². The third-order valence-electron chi connectivity index (χ3n) is 17.6. The molecule has 0 aromatic heterocycles. The standard InChI is InChI=1S/C74H145NO5/c1-3-5-7-9-11-13-15-16-17-18-19-20-21-28-31-34-37-40-43-47-50-54-58-62-66-72(77)71(70-76)75-73(78)67-63-59-55-51-48-44-41-38-35-32-29-26-24-22-23-25-27-30-33-36-39-42-45-49-53-57-61-65-69-80-74(79)68-64-60-56-52-46-14-12-10-8-6-4-2/h10,12,71-72,76-77H,3-9,11,13-70H2,1-2H3,(H,75,78)/b12-10-. The fourth-order valence-electron chi connectivity index (χ4n) is 11.9. The van der Waals surface area contributed by atoms with Gasteiger partial charge in [-0.2, -0.15) is 0 Å². The lowest BCUT2D eigenvalue weighted by molar-refractivity contribution is -0.143. The molecular weight excluding hydrogens is 983 g/mol. The van der Waals surface area contributed by atoms with Crippen LogP contribution in [-0.4, -0.2) is 47.4 Å². The predicted octanol–water partition coefficient (Wildman–Crippen LogP) is 23.9. The molecule has 0 saturated carbocycles. The highest BCUT2D eigenvalue weighted by Crippen LogP contribution is 2.20. The van der Waals surface area contributed by atoms with Crippen molar-refractivity contribution in [1.29, 1.82) is 0 Å². The monoisotopic (exact) mass is 1130 g/mol. The number of carbonyl (C=O) groups is 2. The van der Waals surface area contributed by atoms with E-state index in [9.17, 15) is 19.8 Å². The van der Waals surface area contributed by atoms with Crippen molar-refractivity contribution in [3.8, 4) is 0 Å². The number of nitrogens with one attached hydrogen (secondary N) is 1. The van der Waals surface area contributed by atoms with Crippen molar-refractivity contribution in [1.82, 2.24) is 5.32 Å². The summed E-state index contributed by atoms with van der Waals surface area (Å²) in [5, 5.41) is 23.5. The van der Waals surface area contributed by atoms with E-state index in [1.165, 1.54) is 347 Å². The molecule has 0 spiro atoms. The summed E-state index contributed by atoms with van der Waals surface area (Å²) in [6.07, 6.45) is 87.1. The van der Waals surface area contributed by atoms with Crippen molar-refractivity contribution in [2.75, 3.05) is 13.2 Å². The molecule has 2 unspecified atom stereocenters. The summed E-state index contributed by atoms with van der Waals surface area (Å²) in [6, 6.07) is -0.540. The molecule has 0 rings (SSSR count). The van der Waals surface area contributed by atoms with Gasteiger partial charge in [0, 0.05) is 12.8 Å². The molecule has 0 aromatic rings. The quantitative estimate of drug-likeness (QED) is 0.0320. The predicted molar refractivity (Wildman–Crippen MR) is 352 cm³/mol. The minimum atomic E-state index is -0.663. The van der Waals surface area contributed by atoms with Gasteiger partial charge in [-0.25, -0.2) is 0 Å². The normalized spacial score (nSPS) is 12.5. The minimum absolute atomic E-state index is 0.00873. The van der Waals surface area contributed by atoms with Crippen LogP contribution < -0.4 is 5.32 Å². The zero-order chi connectivity index (χ0) is 57.8. The molecule has 0 aliphatic heterocycles. The molecule has 0 radical (unpaired) electrons. The Kier molecular flexibility index (Phi) is 68.9. The van der Waals surface area contributed by atoms with Gasteiger partial charge >= 0.3 is 5.97 Å². The van der Waals surface area contributed by atoms with Crippen molar-refractivity contribution in [3.05, 3.63) is 12.2 Å². The van der Waals surface area contributed by atoms with Crippen molar-refractivity contribution < 1.29 is 24.5 Å². The molecule has 0 saturated heterocycles. The van der Waals surface area contributed by atoms with Gasteiger partial charge in [0.25, 0.3) is 0 Å². The summed E-state index contributed by atoms with van der Waals surface area (Å²) in [5.74, 6) is -0.0174. The van der Waals surface area contributed by atoms with E-state index in [0.717, 1.165) is 44.9 Å². The highest BCUT2D eigenvalue weighted by atomic mass is 16.5. The largest absolute Gasteiger partial charge is 0.466 e. The van der Waals surface area contributed by atoms with Crippen LogP contribution in [0.5, 0.6) is 0 Å². The van der Waals surface area contributed by atoms with Crippen LogP contribution in [0.1, 0.15) is 425 Å². The van der Waals surface area contributed by atoms with E-state index < -0.39 is 12.1 Å². The Balaban J connectivity index is 3.35. The number of rotatable bonds is 70. The topological polar surface area (TPSA) is 95.9 Å². The third-order valence-corrected chi connectivity index (χ3v) is 17.6. The van der Waals surface area contributed by atoms with Gasteiger partial charge in [-0.15, -0.1) is 0 Å². The zero-order valence-corrected chi connectivity index (χ0v) is 54.6. The molecule has 80 heavy (non-hydrogen) atoms. The van der Waals surface area contributed by atoms with Gasteiger partial charge < -0.3 is 20.3 Å². The molecule has 0 aliphatic carbocycles. The number of aliphatic hydroxyl groups excluding tert-OH is 2. The van der Waals surface area contributed by atoms with Crippen LogP contribution in [0.25, 0.3) is 0 Å². The number of ether oxygens (including phenoxy) is 1. The van der Waals surface area contributed by atoms with Gasteiger partial charge in [0.05, 0.1) is 25.4 Å². The molecular formula is C74H145NO5. The maximum atomic E-state index is 12.6. The summed E-state index contributed by atoms with van der Waals surface area (Å²) in [4.78, 5) is 24.6. The Morgan fingerprint density at radius 1 is 0.338 bits per heavy atom. The fraction of sp³-hybridized carbons (Fsp3) is 0.946. The first-order chi connectivity index (χ1) is 39.5. The number of amides is 1. The first kappa shape index (κ1) is 78.6. The van der Waals surface area contributed by atoms with E-state index in [1.807, 2.05) is 0 Å². The van der Waals surface area contributed by atoms with Crippen LogP contribution in [0.3, 0.4) is 0 Å². The molecule has 6 heteroatoms. The van der Waals surface area contributed by atoms with E-state index in [1.54, 1.807) is 0 Å². The Bertz CT molecular complexity index is 1210. The fourth-order valence-corrected chi connectivity index (χ4v) is 11.9. The second-order valence-corrected chi connectivity index (χ2v) is 25.6. The van der Waals surface area contributed by atoms with E-state index in [0.29, 0.717) is 25.9 Å². The van der Waals surface area contributed by atoms with E-state index in [-0.39, 0.29) is 18.5 Å². The lowest BCUT2D eigenvalue weighted by Gasteiger charge is -2.22. The summed E-state index contributed by atoms with van der Waals surface area (Å²) in [7, 11) is 0. The number of carbonyl (C=O) groups excluding carboxylic acids is 2. The number of aliphatic hydroxyl groups is 2. The average Bonchev–Trinajstić information content (AvgIpc) is 3.46. The molecule has 3 N–H and O–H groups in total. The Morgan fingerprint density at radius 3 is 0.925 bits per heavy atom. The molecule has 2 atom stereocenters. The Labute approximate surface area is 501 Å². The maximum Gasteiger partial charge on any atom is 0.305 e. The van der Waals surface area contributed by atoms with Crippen LogP contribution in [0.4, 0.5) is 0 Å². The molecule has 1 amide bonds. The molecule has 0 heterocycles. The Morgan fingerprint density at radius 2 is 0.600 bits per heavy atom. The van der Waals surface area contributed by atoms with Crippen LogP contribution in [0.15, 0.2) is 12.2 Å². The lowest BCUT2D eigenvalue weighted by atomic mass is 10.0. The van der Waals surface area contributed by atoms with Crippen LogP contribution in [0, 0.1) is 0 Å². The van der Waals surface area contributed by atoms with Gasteiger partial charge in [0.1, 0.15) is 0 Å². The van der Waals surface area contributed by atoms with Gasteiger partial charge in [-0.3, -0.25) is 9.59 Å². The van der Waals surface area contributed by atoms with E-state index in [4.69, 9.17) is 4.74 Å². The van der Waals surface area contributed by atoms with Crippen molar-refractivity contribution in [2.45, 2.75) is 437 Å². The van der Waals surface area contributed by atoms with Gasteiger partial charge in [-0.1, -0.05) is 379 Å². The number of hydrogen-bond donors (Lipinski definition) is 3. The van der Waals surface area contributed by atoms with Crippen molar-refractivity contribution in [2.24, 2.45) is 0 Å². The lowest BCUT2D eigenvalue weighted by Crippen LogP contribution is -2.45. The first-order valence-electron chi connectivity index (χ1n) is 36.9. The highest BCUT2D eigenvalue weighted by molar-refractivity contribution is 5.76. The van der Waals surface area contributed by atoms with Crippen molar-refractivity contribution in [3.63, 3.8) is 0 Å². The number of hydrogen-bond acceptors (Lipinski definition) is 5. The molecule has 0 aliphatic rings. The van der Waals surface area contributed by atoms with Crippen LogP contribution >= 0.6 is 0 Å². The summed E-state index contributed by atoms with van der Waals surface area (Å²) >= 11 is 0.